The van der Waals surface area contributed by atoms with Crippen LogP contribution >= 0.6 is 0 Å². The number of hydrogen-bond donors (Lipinski definition) is 2. The van der Waals surface area contributed by atoms with Crippen LogP contribution in [-0.2, 0) is 6.54 Å². The number of pyridine rings is 1. The van der Waals surface area contributed by atoms with E-state index in [2.05, 4.69) is 10.3 Å². The third-order valence-corrected chi connectivity index (χ3v) is 4.01. The number of para-hydroxylation sites is 1. The van der Waals surface area contributed by atoms with E-state index in [1.807, 2.05) is 24.3 Å². The molecule has 0 aliphatic rings. The number of rotatable bonds is 5. The van der Waals surface area contributed by atoms with Crippen LogP contribution < -0.4 is 15.0 Å². The average molecular weight is 377 g/mol. The molecule has 3 aromatic rings. The number of aromatic nitrogens is 1. The Kier molecular flexibility index (Phi) is 5.86. The minimum Gasteiger partial charge on any atom is -0.507 e. The topological polar surface area (TPSA) is 91.8 Å². The summed E-state index contributed by atoms with van der Waals surface area (Å²) in [5, 5.41) is 12.7. The van der Waals surface area contributed by atoms with Gasteiger partial charge in [0.05, 0.1) is 5.56 Å². The fourth-order valence-electron chi connectivity index (χ4n) is 2.47. The van der Waals surface area contributed by atoms with Gasteiger partial charge in [0.2, 0.25) is 0 Å². The van der Waals surface area contributed by atoms with E-state index in [9.17, 15) is 14.7 Å². The van der Waals surface area contributed by atoms with E-state index in [0.29, 0.717) is 5.69 Å². The number of nitrogens with zero attached hydrogens (tertiary/aromatic N) is 2. The maximum absolute atomic E-state index is 12.4. The first-order valence-electron chi connectivity index (χ1n) is 8.55. The van der Waals surface area contributed by atoms with E-state index >= 15 is 0 Å². The lowest BCUT2D eigenvalue weighted by Crippen LogP contribution is -2.29. The number of benzene rings is 2. The van der Waals surface area contributed by atoms with Gasteiger partial charge in [0.25, 0.3) is 5.91 Å². The highest BCUT2D eigenvalue weighted by molar-refractivity contribution is 5.97. The van der Waals surface area contributed by atoms with E-state index in [1.54, 1.807) is 37.6 Å². The van der Waals surface area contributed by atoms with Crippen LogP contribution in [0.3, 0.4) is 0 Å². The van der Waals surface area contributed by atoms with Crippen LogP contribution in [-0.4, -0.2) is 29.1 Å². The Morgan fingerprint density at radius 3 is 2.61 bits per heavy atom. The van der Waals surface area contributed by atoms with E-state index < -0.39 is 12.0 Å². The number of anilines is 1. The Morgan fingerprint density at radius 2 is 1.89 bits per heavy atom. The summed E-state index contributed by atoms with van der Waals surface area (Å²) in [5.41, 5.74) is 1.50. The highest BCUT2D eigenvalue weighted by Gasteiger charge is 2.17. The van der Waals surface area contributed by atoms with Crippen LogP contribution in [0.2, 0.25) is 0 Å². The van der Waals surface area contributed by atoms with Crippen LogP contribution in [0.25, 0.3) is 0 Å². The van der Waals surface area contributed by atoms with Crippen molar-refractivity contribution < 1.29 is 19.4 Å². The van der Waals surface area contributed by atoms with E-state index in [4.69, 9.17) is 4.74 Å². The van der Waals surface area contributed by atoms with Crippen molar-refractivity contribution in [3.05, 3.63) is 84.2 Å². The summed E-state index contributed by atoms with van der Waals surface area (Å²) in [5.74, 6) is -0.548. The van der Waals surface area contributed by atoms with Crippen molar-refractivity contribution in [3.63, 3.8) is 0 Å². The molecule has 0 aliphatic carbocycles. The molecule has 0 bridgehead atoms. The molecule has 28 heavy (non-hydrogen) atoms. The number of hydrogen-bond acceptors (Lipinski definition) is 5. The number of carbonyl (C=O) groups excluding carboxylic acids is 2. The van der Waals surface area contributed by atoms with E-state index in [1.165, 1.54) is 23.1 Å². The summed E-state index contributed by atoms with van der Waals surface area (Å²) in [6.07, 6.45) is 2.66. The van der Waals surface area contributed by atoms with Crippen molar-refractivity contribution in [2.75, 3.05) is 11.9 Å². The number of phenols is 1. The molecule has 0 atom stereocenters. The molecule has 0 aliphatic heterocycles. The first kappa shape index (κ1) is 18.9. The van der Waals surface area contributed by atoms with Crippen LogP contribution in [0, 0.1) is 0 Å². The van der Waals surface area contributed by atoms with Crippen LogP contribution in [0.4, 0.5) is 10.5 Å². The second-order valence-electron chi connectivity index (χ2n) is 5.99. The quantitative estimate of drug-likeness (QED) is 0.711. The molecular formula is C21H19N3O4. The van der Waals surface area contributed by atoms with Crippen LogP contribution in [0.1, 0.15) is 15.9 Å². The van der Waals surface area contributed by atoms with Crippen LogP contribution in [0.5, 0.6) is 11.5 Å². The van der Waals surface area contributed by atoms with Gasteiger partial charge in [0, 0.05) is 31.7 Å². The van der Waals surface area contributed by atoms with Gasteiger partial charge >= 0.3 is 6.09 Å². The predicted octanol–water partition coefficient (Wildman–Crippen LogP) is 3.35. The lowest BCUT2D eigenvalue weighted by Gasteiger charge is -2.17. The van der Waals surface area contributed by atoms with Crippen molar-refractivity contribution in [1.29, 1.82) is 0 Å². The third-order valence-electron chi connectivity index (χ3n) is 4.01. The summed E-state index contributed by atoms with van der Waals surface area (Å²) < 4.78 is 5.33. The molecule has 1 aromatic heterocycles. The summed E-state index contributed by atoms with van der Waals surface area (Å²) in [7, 11) is 1.58. The molecule has 0 spiro atoms. The minimum atomic E-state index is -0.612. The Bertz CT molecular complexity index is 962. The van der Waals surface area contributed by atoms with Gasteiger partial charge in [-0.15, -0.1) is 0 Å². The largest absolute Gasteiger partial charge is 0.507 e. The number of nitrogens with one attached hydrogen (secondary N) is 1. The summed E-state index contributed by atoms with van der Waals surface area (Å²) in [6.45, 7) is 0.257. The van der Waals surface area contributed by atoms with Gasteiger partial charge in [-0.2, -0.15) is 0 Å². The molecule has 1 heterocycles. The Hall–Kier alpha value is -3.87. The van der Waals surface area contributed by atoms with Crippen molar-refractivity contribution >= 4 is 17.7 Å². The lowest BCUT2D eigenvalue weighted by atomic mass is 10.1. The maximum atomic E-state index is 12.4. The maximum Gasteiger partial charge on any atom is 0.419 e. The zero-order valence-corrected chi connectivity index (χ0v) is 15.2. The molecule has 0 fully saturated rings. The first-order valence-corrected chi connectivity index (χ1v) is 8.55. The molecule has 0 saturated heterocycles. The van der Waals surface area contributed by atoms with Gasteiger partial charge in [-0.25, -0.2) is 4.79 Å². The van der Waals surface area contributed by atoms with Gasteiger partial charge in [0.15, 0.2) is 0 Å². The third kappa shape index (κ3) is 4.64. The molecule has 2 aromatic carbocycles. The second-order valence-corrected chi connectivity index (χ2v) is 5.99. The Balaban J connectivity index is 1.68. The summed E-state index contributed by atoms with van der Waals surface area (Å²) in [6, 6.07) is 16.7. The fraction of sp³-hybridized carbons (Fsp3) is 0.0952. The Morgan fingerprint density at radius 1 is 1.11 bits per heavy atom. The van der Waals surface area contributed by atoms with Crippen molar-refractivity contribution in [1.82, 2.24) is 10.3 Å². The zero-order valence-electron chi connectivity index (χ0n) is 15.2. The minimum absolute atomic E-state index is 0.0107. The molecule has 7 nitrogen and oxygen atoms in total. The van der Waals surface area contributed by atoms with Crippen molar-refractivity contribution in [3.8, 4) is 11.5 Å². The summed E-state index contributed by atoms with van der Waals surface area (Å²) >= 11 is 0. The van der Waals surface area contributed by atoms with E-state index in [-0.39, 0.29) is 23.6 Å². The lowest BCUT2D eigenvalue weighted by molar-refractivity contribution is 0.0947. The smallest absolute Gasteiger partial charge is 0.419 e. The SMILES string of the molecule is CN(C(=O)Oc1ccc(O)c(C(=O)NCc2cccnc2)c1)c1ccccc1. The monoisotopic (exact) mass is 377 g/mol. The van der Waals surface area contributed by atoms with Gasteiger partial charge < -0.3 is 15.2 Å². The standard InChI is InChI=1S/C21H19N3O4/c1-24(16-7-3-2-4-8-16)21(27)28-17-9-10-19(25)18(12-17)20(26)23-14-15-6-5-11-22-13-15/h2-13,25H,14H2,1H3,(H,23,26). The molecule has 2 N–H and O–H groups in total. The van der Waals surface area contributed by atoms with Gasteiger partial charge in [-0.1, -0.05) is 24.3 Å². The van der Waals surface area contributed by atoms with Gasteiger partial charge in [-0.05, 0) is 42.0 Å². The first-order chi connectivity index (χ1) is 13.5. The Labute approximate surface area is 162 Å². The highest BCUT2D eigenvalue weighted by Crippen LogP contribution is 2.24. The molecule has 0 unspecified atom stereocenters. The number of phenolic OH excluding ortho intramolecular Hbond substituents is 1. The average Bonchev–Trinajstić information content (AvgIpc) is 2.74. The number of aromatic hydroxyl groups is 1. The fourth-order valence-corrected chi connectivity index (χ4v) is 2.47. The van der Waals surface area contributed by atoms with E-state index in [0.717, 1.165) is 5.56 Å². The molecule has 7 heteroatoms. The van der Waals surface area contributed by atoms with Crippen molar-refractivity contribution in [2.24, 2.45) is 0 Å². The second kappa shape index (κ2) is 8.68. The number of ether oxygens (including phenoxy) is 1. The predicted molar refractivity (Wildman–Crippen MR) is 104 cm³/mol. The molecule has 2 amide bonds. The highest BCUT2D eigenvalue weighted by atomic mass is 16.6. The summed E-state index contributed by atoms with van der Waals surface area (Å²) in [4.78, 5) is 30.0. The number of carbonyl (C=O) groups is 2. The molecule has 142 valence electrons. The zero-order chi connectivity index (χ0) is 19.9. The number of amides is 2. The molecule has 0 saturated carbocycles. The van der Waals surface area contributed by atoms with Crippen LogP contribution in [0.15, 0.2) is 73.1 Å². The van der Waals surface area contributed by atoms with Gasteiger partial charge in [-0.3, -0.25) is 14.7 Å². The normalized spacial score (nSPS) is 10.2. The molecule has 3 rings (SSSR count). The molecule has 0 radical (unpaired) electrons. The van der Waals surface area contributed by atoms with Crippen molar-refractivity contribution in [2.45, 2.75) is 6.54 Å². The molecular weight excluding hydrogens is 358 g/mol. The van der Waals surface area contributed by atoms with Gasteiger partial charge in [0.1, 0.15) is 11.5 Å².